The van der Waals surface area contributed by atoms with Crippen molar-refractivity contribution in [2.24, 2.45) is 0 Å². The van der Waals surface area contributed by atoms with Crippen LogP contribution in [0.15, 0.2) is 18.2 Å². The molecule has 0 aromatic heterocycles. The van der Waals surface area contributed by atoms with Crippen LogP contribution in [-0.2, 0) is 4.79 Å². The van der Waals surface area contributed by atoms with Crippen molar-refractivity contribution in [2.75, 3.05) is 13.1 Å². The second-order valence-electron chi connectivity index (χ2n) is 4.14. The summed E-state index contributed by atoms with van der Waals surface area (Å²) in [6.07, 6.45) is -0.674. The van der Waals surface area contributed by atoms with Crippen molar-refractivity contribution in [3.05, 3.63) is 33.3 Å². The Morgan fingerprint density at radius 3 is 2.50 bits per heavy atom. The number of rotatable bonds is 6. The van der Waals surface area contributed by atoms with Crippen molar-refractivity contribution in [3.63, 3.8) is 0 Å². The van der Waals surface area contributed by atoms with E-state index < -0.39 is 11.0 Å². The Morgan fingerprint density at radius 2 is 2.05 bits per heavy atom. The number of nitro groups is 1. The van der Waals surface area contributed by atoms with E-state index in [1.807, 2.05) is 13.8 Å². The van der Waals surface area contributed by atoms with Gasteiger partial charge in [0.15, 0.2) is 6.10 Å². The Bertz CT molecular complexity index is 503. The number of nitrogens with zero attached hydrogens (tertiary/aromatic N) is 2. The zero-order valence-electron chi connectivity index (χ0n) is 11.6. The molecule has 1 rings (SSSR count). The molecule has 7 heteroatoms. The van der Waals surface area contributed by atoms with Crippen molar-refractivity contribution in [1.82, 2.24) is 4.90 Å². The molecule has 0 aliphatic carbocycles. The van der Waals surface area contributed by atoms with Gasteiger partial charge in [-0.1, -0.05) is 11.6 Å². The molecule has 6 nitrogen and oxygen atoms in total. The van der Waals surface area contributed by atoms with E-state index in [0.717, 1.165) is 0 Å². The van der Waals surface area contributed by atoms with E-state index in [9.17, 15) is 14.9 Å². The number of ether oxygens (including phenoxy) is 1. The first-order valence-corrected chi connectivity index (χ1v) is 6.67. The molecule has 0 spiro atoms. The predicted octanol–water partition coefficient (Wildman–Crippen LogP) is 2.88. The van der Waals surface area contributed by atoms with E-state index in [1.54, 1.807) is 11.8 Å². The number of likely N-dealkylation sites (N-methyl/N-ethyl adjacent to an activating group) is 1. The van der Waals surface area contributed by atoms with Crippen molar-refractivity contribution in [2.45, 2.75) is 26.9 Å². The minimum absolute atomic E-state index is 0.0185. The molecule has 1 unspecified atom stereocenters. The van der Waals surface area contributed by atoms with Gasteiger partial charge in [-0.25, -0.2) is 0 Å². The second-order valence-corrected chi connectivity index (χ2v) is 4.55. The van der Waals surface area contributed by atoms with Crippen LogP contribution in [-0.4, -0.2) is 34.9 Å². The summed E-state index contributed by atoms with van der Waals surface area (Å²) in [7, 11) is 0. The normalized spacial score (nSPS) is 11.8. The molecule has 1 aromatic carbocycles. The summed E-state index contributed by atoms with van der Waals surface area (Å²) < 4.78 is 5.48. The summed E-state index contributed by atoms with van der Waals surface area (Å²) in [6.45, 7) is 6.61. The van der Waals surface area contributed by atoms with Gasteiger partial charge in [-0.2, -0.15) is 0 Å². The standard InChI is InChI=1S/C13H17ClN2O4/c1-4-15(5-2)13(17)9(3)20-10-6-7-12(16(18)19)11(14)8-10/h6-9H,4-5H2,1-3H3. The molecule has 0 N–H and O–H groups in total. The van der Waals surface area contributed by atoms with E-state index in [0.29, 0.717) is 18.8 Å². The van der Waals surface area contributed by atoms with Crippen molar-refractivity contribution < 1.29 is 14.5 Å². The molecule has 0 radical (unpaired) electrons. The quantitative estimate of drug-likeness (QED) is 0.598. The summed E-state index contributed by atoms with van der Waals surface area (Å²) >= 11 is 5.79. The summed E-state index contributed by atoms with van der Waals surface area (Å²) in [5.74, 6) is 0.193. The number of nitro benzene ring substituents is 1. The highest BCUT2D eigenvalue weighted by Crippen LogP contribution is 2.28. The fourth-order valence-corrected chi connectivity index (χ4v) is 2.00. The minimum Gasteiger partial charge on any atom is -0.481 e. The Kier molecular flexibility index (Phi) is 5.76. The molecular weight excluding hydrogens is 284 g/mol. The van der Waals surface area contributed by atoms with Crippen LogP contribution in [0.2, 0.25) is 5.02 Å². The largest absolute Gasteiger partial charge is 0.481 e. The number of hydrogen-bond acceptors (Lipinski definition) is 4. The Labute approximate surface area is 122 Å². The average molecular weight is 301 g/mol. The first kappa shape index (κ1) is 16.2. The number of halogens is 1. The Hall–Kier alpha value is -1.82. The highest BCUT2D eigenvalue weighted by Gasteiger charge is 2.21. The van der Waals surface area contributed by atoms with E-state index in [1.165, 1.54) is 18.2 Å². The van der Waals surface area contributed by atoms with E-state index in [2.05, 4.69) is 0 Å². The van der Waals surface area contributed by atoms with Gasteiger partial charge < -0.3 is 9.64 Å². The molecule has 1 amide bonds. The lowest BCUT2D eigenvalue weighted by Gasteiger charge is -2.23. The summed E-state index contributed by atoms with van der Waals surface area (Å²) in [5.41, 5.74) is -0.193. The van der Waals surface area contributed by atoms with Gasteiger partial charge in [-0.05, 0) is 26.8 Å². The molecule has 0 saturated heterocycles. The van der Waals surface area contributed by atoms with Gasteiger partial charge in [0, 0.05) is 25.2 Å². The summed E-state index contributed by atoms with van der Waals surface area (Å²) in [5, 5.41) is 10.6. The van der Waals surface area contributed by atoms with Gasteiger partial charge in [0.25, 0.3) is 11.6 Å². The Morgan fingerprint density at radius 1 is 1.45 bits per heavy atom. The molecule has 0 fully saturated rings. The lowest BCUT2D eigenvalue weighted by Crippen LogP contribution is -2.40. The molecule has 0 aliphatic heterocycles. The third-order valence-electron chi connectivity index (χ3n) is 2.85. The number of benzene rings is 1. The third kappa shape index (κ3) is 3.84. The maximum absolute atomic E-state index is 12.0. The zero-order chi connectivity index (χ0) is 15.3. The number of amides is 1. The topological polar surface area (TPSA) is 72.7 Å². The van der Waals surface area contributed by atoms with Crippen LogP contribution in [0.5, 0.6) is 5.75 Å². The SMILES string of the molecule is CCN(CC)C(=O)C(C)Oc1ccc([N+](=O)[O-])c(Cl)c1. The molecule has 0 bridgehead atoms. The molecular formula is C13H17ClN2O4. The lowest BCUT2D eigenvalue weighted by atomic mass is 10.3. The molecule has 1 aromatic rings. The lowest BCUT2D eigenvalue weighted by molar-refractivity contribution is -0.384. The van der Waals surface area contributed by atoms with Crippen LogP contribution in [0.4, 0.5) is 5.69 Å². The monoisotopic (exact) mass is 300 g/mol. The fourth-order valence-electron chi connectivity index (χ4n) is 1.76. The zero-order valence-corrected chi connectivity index (χ0v) is 12.4. The van der Waals surface area contributed by atoms with Crippen LogP contribution in [0.25, 0.3) is 0 Å². The maximum Gasteiger partial charge on any atom is 0.288 e. The van der Waals surface area contributed by atoms with Gasteiger partial charge in [0.2, 0.25) is 0 Å². The summed E-state index contributed by atoms with van der Waals surface area (Å²) in [4.78, 5) is 23.8. The van der Waals surface area contributed by atoms with Crippen molar-refractivity contribution in [1.29, 1.82) is 0 Å². The minimum atomic E-state index is -0.674. The second kappa shape index (κ2) is 7.09. The highest BCUT2D eigenvalue weighted by molar-refractivity contribution is 6.32. The first-order chi connectivity index (χ1) is 9.40. The van der Waals surface area contributed by atoms with Crippen molar-refractivity contribution in [3.8, 4) is 5.75 Å². The molecule has 1 atom stereocenters. The third-order valence-corrected chi connectivity index (χ3v) is 3.15. The van der Waals surface area contributed by atoms with Crippen LogP contribution < -0.4 is 4.74 Å². The fraction of sp³-hybridized carbons (Fsp3) is 0.462. The highest BCUT2D eigenvalue weighted by atomic mass is 35.5. The molecule has 20 heavy (non-hydrogen) atoms. The van der Waals surface area contributed by atoms with Crippen molar-refractivity contribution >= 4 is 23.2 Å². The first-order valence-electron chi connectivity index (χ1n) is 6.30. The van der Waals surface area contributed by atoms with Gasteiger partial charge >= 0.3 is 0 Å². The van der Waals surface area contributed by atoms with E-state index in [-0.39, 0.29) is 16.6 Å². The van der Waals surface area contributed by atoms with E-state index >= 15 is 0 Å². The van der Waals surface area contributed by atoms with Gasteiger partial charge in [-0.3, -0.25) is 14.9 Å². The number of carbonyl (C=O) groups excluding carboxylic acids is 1. The molecule has 0 saturated carbocycles. The molecule has 0 heterocycles. The van der Waals surface area contributed by atoms with E-state index in [4.69, 9.17) is 16.3 Å². The Balaban J connectivity index is 2.81. The van der Waals surface area contributed by atoms with Gasteiger partial charge in [0.05, 0.1) is 4.92 Å². The smallest absolute Gasteiger partial charge is 0.288 e. The maximum atomic E-state index is 12.0. The summed E-state index contributed by atoms with van der Waals surface area (Å²) in [6, 6.07) is 4.02. The van der Waals surface area contributed by atoms with Crippen LogP contribution in [0.3, 0.4) is 0 Å². The van der Waals surface area contributed by atoms with Crippen LogP contribution >= 0.6 is 11.6 Å². The predicted molar refractivity (Wildman–Crippen MR) is 76.1 cm³/mol. The number of hydrogen-bond donors (Lipinski definition) is 0. The average Bonchev–Trinajstić information content (AvgIpc) is 2.39. The molecule has 110 valence electrons. The van der Waals surface area contributed by atoms with Crippen LogP contribution in [0.1, 0.15) is 20.8 Å². The number of carbonyl (C=O) groups is 1. The van der Waals surface area contributed by atoms with Gasteiger partial charge in [-0.15, -0.1) is 0 Å². The van der Waals surface area contributed by atoms with Crippen LogP contribution in [0, 0.1) is 10.1 Å². The molecule has 0 aliphatic rings. The van der Waals surface area contributed by atoms with Gasteiger partial charge in [0.1, 0.15) is 10.8 Å².